The Morgan fingerprint density at radius 1 is 1.24 bits per heavy atom. The van der Waals surface area contributed by atoms with Crippen LogP contribution in [0.15, 0.2) is 40.9 Å². The lowest BCUT2D eigenvalue weighted by Gasteiger charge is -2.17. The van der Waals surface area contributed by atoms with E-state index in [0.717, 1.165) is 34.7 Å². The molecule has 1 aliphatic rings. The van der Waals surface area contributed by atoms with Gasteiger partial charge in [0.15, 0.2) is 0 Å². The average Bonchev–Trinajstić information content (AvgIpc) is 2.94. The van der Waals surface area contributed by atoms with Crippen LogP contribution in [0, 0.1) is 0 Å². The van der Waals surface area contributed by atoms with Crippen molar-refractivity contribution in [3.63, 3.8) is 0 Å². The van der Waals surface area contributed by atoms with Crippen LogP contribution in [-0.4, -0.2) is 13.2 Å². The van der Waals surface area contributed by atoms with Gasteiger partial charge in [0.25, 0.3) is 0 Å². The highest BCUT2D eigenvalue weighted by Gasteiger charge is 2.20. The second-order valence-electron chi connectivity index (χ2n) is 5.34. The average molecular weight is 367 g/mol. The Hall–Kier alpha value is -1.03. The zero-order chi connectivity index (χ0) is 14.8. The van der Waals surface area contributed by atoms with E-state index in [-0.39, 0.29) is 5.92 Å². The molecule has 0 saturated carbocycles. The van der Waals surface area contributed by atoms with Crippen molar-refractivity contribution in [1.29, 1.82) is 0 Å². The molecule has 0 amide bonds. The number of halogens is 2. The van der Waals surface area contributed by atoms with Crippen molar-refractivity contribution in [3.05, 3.63) is 62.6 Å². The number of rotatable bonds is 4. The first-order valence-corrected chi connectivity index (χ1v) is 8.24. The highest BCUT2D eigenvalue weighted by Crippen LogP contribution is 2.35. The highest BCUT2D eigenvalue weighted by molar-refractivity contribution is 9.10. The smallest absolute Gasteiger partial charge is 0.125 e. The summed E-state index contributed by atoms with van der Waals surface area (Å²) in [6.45, 7) is 1.37. The maximum absolute atomic E-state index is 5.99. The van der Waals surface area contributed by atoms with E-state index in [9.17, 15) is 0 Å². The Morgan fingerprint density at radius 2 is 2.00 bits per heavy atom. The minimum Gasteiger partial charge on any atom is -0.493 e. The predicted octanol–water partition coefficient (Wildman–Crippen LogP) is 4.32. The molecule has 0 saturated heterocycles. The lowest BCUT2D eigenvalue weighted by molar-refractivity contribution is 0.352. The van der Waals surface area contributed by atoms with Crippen molar-refractivity contribution in [2.45, 2.75) is 18.8 Å². The lowest BCUT2D eigenvalue weighted by atomic mass is 9.91. The molecule has 0 radical (unpaired) electrons. The van der Waals surface area contributed by atoms with Gasteiger partial charge in [-0.2, -0.15) is 0 Å². The zero-order valence-corrected chi connectivity index (χ0v) is 14.0. The van der Waals surface area contributed by atoms with E-state index in [2.05, 4.69) is 40.2 Å². The SMILES string of the molecule is NCC(Cc1cc(Br)cc2c1OCC2)c1ccc(Cl)cc1. The Balaban J connectivity index is 1.89. The van der Waals surface area contributed by atoms with E-state index >= 15 is 0 Å². The van der Waals surface area contributed by atoms with Crippen LogP contribution in [-0.2, 0) is 12.8 Å². The molecule has 0 spiro atoms. The maximum atomic E-state index is 5.99. The molecule has 4 heteroatoms. The van der Waals surface area contributed by atoms with Crippen molar-refractivity contribution in [2.24, 2.45) is 5.73 Å². The maximum Gasteiger partial charge on any atom is 0.125 e. The van der Waals surface area contributed by atoms with Gasteiger partial charge < -0.3 is 10.5 Å². The van der Waals surface area contributed by atoms with Gasteiger partial charge >= 0.3 is 0 Å². The number of ether oxygens (including phenoxy) is 1. The van der Waals surface area contributed by atoms with E-state index in [1.165, 1.54) is 16.7 Å². The van der Waals surface area contributed by atoms with Crippen LogP contribution in [0.1, 0.15) is 22.6 Å². The van der Waals surface area contributed by atoms with Crippen molar-refractivity contribution in [3.8, 4) is 5.75 Å². The quantitative estimate of drug-likeness (QED) is 0.874. The molecule has 0 aliphatic carbocycles. The van der Waals surface area contributed by atoms with Gasteiger partial charge in [-0.15, -0.1) is 0 Å². The van der Waals surface area contributed by atoms with Gasteiger partial charge in [-0.3, -0.25) is 0 Å². The summed E-state index contributed by atoms with van der Waals surface area (Å²) in [6, 6.07) is 12.2. The molecule has 0 fully saturated rings. The van der Waals surface area contributed by atoms with Gasteiger partial charge in [0.05, 0.1) is 6.61 Å². The minimum absolute atomic E-state index is 0.268. The molecule has 2 aromatic rings. The van der Waals surface area contributed by atoms with Crippen molar-refractivity contribution < 1.29 is 4.74 Å². The molecule has 2 nitrogen and oxygen atoms in total. The summed E-state index contributed by atoms with van der Waals surface area (Å²) in [5.41, 5.74) is 9.71. The second kappa shape index (κ2) is 6.39. The second-order valence-corrected chi connectivity index (χ2v) is 6.69. The topological polar surface area (TPSA) is 35.2 Å². The first-order valence-electron chi connectivity index (χ1n) is 7.07. The summed E-state index contributed by atoms with van der Waals surface area (Å²) in [5.74, 6) is 1.32. The van der Waals surface area contributed by atoms with Crippen molar-refractivity contribution >= 4 is 27.5 Å². The molecule has 1 aliphatic heterocycles. The molecule has 1 unspecified atom stereocenters. The molecule has 0 bridgehead atoms. The van der Waals surface area contributed by atoms with Crippen LogP contribution >= 0.6 is 27.5 Å². The number of hydrogen-bond donors (Lipinski definition) is 1. The summed E-state index contributed by atoms with van der Waals surface area (Å²) in [5, 5.41) is 0.751. The fraction of sp³-hybridized carbons (Fsp3) is 0.294. The summed E-state index contributed by atoms with van der Waals surface area (Å²) in [7, 11) is 0. The van der Waals surface area contributed by atoms with Gasteiger partial charge in [-0.1, -0.05) is 39.7 Å². The molecule has 2 N–H and O–H groups in total. The fourth-order valence-electron chi connectivity index (χ4n) is 2.84. The zero-order valence-electron chi connectivity index (χ0n) is 11.6. The van der Waals surface area contributed by atoms with Gasteiger partial charge in [-0.25, -0.2) is 0 Å². The first-order chi connectivity index (χ1) is 10.2. The molecule has 3 rings (SSSR count). The number of fused-ring (bicyclic) bond motifs is 1. The molecule has 1 atom stereocenters. The van der Waals surface area contributed by atoms with E-state index in [4.69, 9.17) is 22.1 Å². The predicted molar refractivity (Wildman–Crippen MR) is 90.3 cm³/mol. The fourth-order valence-corrected chi connectivity index (χ4v) is 3.51. The molecule has 1 heterocycles. The van der Waals surface area contributed by atoms with Gasteiger partial charge in [-0.05, 0) is 53.9 Å². The third-order valence-electron chi connectivity index (χ3n) is 3.92. The Labute approximate surface area is 138 Å². The van der Waals surface area contributed by atoms with Crippen LogP contribution in [0.5, 0.6) is 5.75 Å². The number of hydrogen-bond acceptors (Lipinski definition) is 2. The highest BCUT2D eigenvalue weighted by atomic mass is 79.9. The lowest BCUT2D eigenvalue weighted by Crippen LogP contribution is -2.15. The Kier molecular flexibility index (Phi) is 4.53. The summed E-state index contributed by atoms with van der Waals surface area (Å²) in [6.07, 6.45) is 1.86. The first kappa shape index (κ1) is 14.9. The monoisotopic (exact) mass is 365 g/mol. The number of benzene rings is 2. The molecule has 0 aromatic heterocycles. The van der Waals surface area contributed by atoms with Crippen molar-refractivity contribution in [2.75, 3.05) is 13.2 Å². The van der Waals surface area contributed by atoms with Gasteiger partial charge in [0, 0.05) is 21.8 Å². The molecule has 21 heavy (non-hydrogen) atoms. The number of nitrogens with two attached hydrogens (primary N) is 1. The van der Waals surface area contributed by atoms with Crippen LogP contribution in [0.2, 0.25) is 5.02 Å². The van der Waals surface area contributed by atoms with Crippen LogP contribution in [0.3, 0.4) is 0 Å². The minimum atomic E-state index is 0.268. The third kappa shape index (κ3) is 3.25. The van der Waals surface area contributed by atoms with Gasteiger partial charge in [0.2, 0.25) is 0 Å². The van der Waals surface area contributed by atoms with Crippen LogP contribution in [0.25, 0.3) is 0 Å². The van der Waals surface area contributed by atoms with Crippen molar-refractivity contribution in [1.82, 2.24) is 0 Å². The summed E-state index contributed by atoms with van der Waals surface area (Å²) < 4.78 is 6.91. The van der Waals surface area contributed by atoms with E-state index in [1.54, 1.807) is 0 Å². The Bertz CT molecular complexity index is 642. The third-order valence-corrected chi connectivity index (χ3v) is 4.63. The van der Waals surface area contributed by atoms with E-state index in [0.29, 0.717) is 6.54 Å². The standard InChI is InChI=1S/C17H17BrClNO/c18-15-8-12-5-6-21-17(12)13(9-15)7-14(10-20)11-1-3-16(19)4-2-11/h1-4,8-9,14H,5-7,10,20H2. The van der Waals surface area contributed by atoms with Crippen LogP contribution < -0.4 is 10.5 Å². The Morgan fingerprint density at radius 3 is 2.71 bits per heavy atom. The molecule has 110 valence electrons. The molecular weight excluding hydrogens is 350 g/mol. The normalized spacial score (nSPS) is 14.6. The summed E-state index contributed by atoms with van der Waals surface area (Å²) in [4.78, 5) is 0. The van der Waals surface area contributed by atoms with E-state index in [1.807, 2.05) is 12.1 Å². The largest absolute Gasteiger partial charge is 0.493 e. The van der Waals surface area contributed by atoms with Gasteiger partial charge in [0.1, 0.15) is 5.75 Å². The summed E-state index contributed by atoms with van der Waals surface area (Å²) >= 11 is 9.55. The molecular formula is C17H17BrClNO. The molecule has 2 aromatic carbocycles. The van der Waals surface area contributed by atoms with Crippen LogP contribution in [0.4, 0.5) is 0 Å². The van der Waals surface area contributed by atoms with E-state index < -0.39 is 0 Å².